The zero-order chi connectivity index (χ0) is 15.3. The number of aryl methyl sites for hydroxylation is 1. The Labute approximate surface area is 130 Å². The maximum absolute atomic E-state index is 12.5. The summed E-state index contributed by atoms with van der Waals surface area (Å²) in [5.74, 6) is 7.50. The summed E-state index contributed by atoms with van der Waals surface area (Å²) < 4.78 is 27.7. The lowest BCUT2D eigenvalue weighted by molar-refractivity contribution is 0.305. The summed E-state index contributed by atoms with van der Waals surface area (Å²) in [7, 11) is -3.51. The van der Waals surface area contributed by atoms with E-state index in [0.717, 1.165) is 17.9 Å². The van der Waals surface area contributed by atoms with Crippen LogP contribution in [0.4, 0.5) is 0 Å². The highest BCUT2D eigenvalue weighted by Gasteiger charge is 2.24. The Kier molecular flexibility index (Phi) is 5.71. The summed E-state index contributed by atoms with van der Waals surface area (Å²) >= 11 is 1.77. The minimum atomic E-state index is -3.51. The molecule has 0 radical (unpaired) electrons. The van der Waals surface area contributed by atoms with Crippen LogP contribution in [0, 0.1) is 18.8 Å². The summed E-state index contributed by atoms with van der Waals surface area (Å²) in [6.07, 6.45) is 1.26. The third kappa shape index (κ3) is 4.48. The lowest BCUT2D eigenvalue weighted by atomic mass is 10.1. The molecule has 4 nitrogen and oxygen atoms in total. The SMILES string of the molecule is Cc1ccc(C#CCCO)cc1S(=O)(=O)NC1CCSC1. The predicted octanol–water partition coefficient (Wildman–Crippen LogP) is 1.51. The lowest BCUT2D eigenvalue weighted by Crippen LogP contribution is -2.35. The van der Waals surface area contributed by atoms with Gasteiger partial charge in [-0.3, -0.25) is 0 Å². The van der Waals surface area contributed by atoms with E-state index in [9.17, 15) is 8.42 Å². The molecule has 0 bridgehead atoms. The minimum absolute atomic E-state index is 0.00488. The molecule has 1 atom stereocenters. The average Bonchev–Trinajstić information content (AvgIpc) is 2.93. The van der Waals surface area contributed by atoms with E-state index >= 15 is 0 Å². The Hall–Kier alpha value is -1.000. The van der Waals surface area contributed by atoms with Gasteiger partial charge in [-0.15, -0.1) is 0 Å². The van der Waals surface area contributed by atoms with Crippen molar-refractivity contribution in [2.45, 2.75) is 30.7 Å². The van der Waals surface area contributed by atoms with Gasteiger partial charge in [0.2, 0.25) is 10.0 Å². The van der Waals surface area contributed by atoms with Crippen molar-refractivity contribution in [1.82, 2.24) is 4.72 Å². The predicted molar refractivity (Wildman–Crippen MR) is 85.8 cm³/mol. The van der Waals surface area contributed by atoms with Gasteiger partial charge < -0.3 is 5.11 Å². The smallest absolute Gasteiger partial charge is 0.241 e. The number of hydrogen-bond donors (Lipinski definition) is 2. The number of aliphatic hydroxyl groups excluding tert-OH is 1. The van der Waals surface area contributed by atoms with Gasteiger partial charge in [0, 0.05) is 23.8 Å². The van der Waals surface area contributed by atoms with Crippen LogP contribution in [0.1, 0.15) is 24.0 Å². The van der Waals surface area contributed by atoms with E-state index in [2.05, 4.69) is 16.6 Å². The van der Waals surface area contributed by atoms with Crippen LogP contribution in [0.15, 0.2) is 23.1 Å². The Balaban J connectivity index is 2.25. The summed E-state index contributed by atoms with van der Waals surface area (Å²) in [5, 5.41) is 8.72. The fraction of sp³-hybridized carbons (Fsp3) is 0.467. The van der Waals surface area contributed by atoms with Crippen molar-refractivity contribution in [3.05, 3.63) is 29.3 Å². The highest BCUT2D eigenvalue weighted by molar-refractivity contribution is 7.99. The molecule has 1 aromatic rings. The molecule has 1 aromatic carbocycles. The molecule has 0 saturated carbocycles. The average molecular weight is 325 g/mol. The molecule has 6 heteroatoms. The molecule has 1 aliphatic heterocycles. The second-order valence-electron chi connectivity index (χ2n) is 4.94. The number of aliphatic hydroxyl groups is 1. The van der Waals surface area contributed by atoms with Crippen LogP contribution in [0.3, 0.4) is 0 Å². The molecule has 1 heterocycles. The third-order valence-electron chi connectivity index (χ3n) is 3.20. The van der Waals surface area contributed by atoms with Crippen LogP contribution in [0.25, 0.3) is 0 Å². The Morgan fingerprint density at radius 3 is 2.95 bits per heavy atom. The second-order valence-corrected chi connectivity index (χ2v) is 7.77. The monoisotopic (exact) mass is 325 g/mol. The molecule has 0 aliphatic carbocycles. The van der Waals surface area contributed by atoms with Gasteiger partial charge >= 0.3 is 0 Å². The van der Waals surface area contributed by atoms with E-state index in [0.29, 0.717) is 17.5 Å². The van der Waals surface area contributed by atoms with Gasteiger partial charge in [0.25, 0.3) is 0 Å². The van der Waals surface area contributed by atoms with Crippen molar-refractivity contribution in [3.8, 4) is 11.8 Å². The summed E-state index contributed by atoms with van der Waals surface area (Å²) in [6, 6.07) is 5.18. The van der Waals surface area contributed by atoms with Crippen LogP contribution in [-0.2, 0) is 10.0 Å². The highest BCUT2D eigenvalue weighted by Crippen LogP contribution is 2.21. The maximum Gasteiger partial charge on any atom is 0.241 e. The molecule has 1 aliphatic rings. The first-order chi connectivity index (χ1) is 10.0. The van der Waals surface area contributed by atoms with E-state index in [1.54, 1.807) is 36.9 Å². The lowest BCUT2D eigenvalue weighted by Gasteiger charge is -2.14. The quantitative estimate of drug-likeness (QED) is 0.824. The number of rotatable bonds is 4. The first-order valence-electron chi connectivity index (χ1n) is 6.83. The van der Waals surface area contributed by atoms with Crippen molar-refractivity contribution < 1.29 is 13.5 Å². The number of thioether (sulfide) groups is 1. The Bertz CT molecular complexity index is 653. The largest absolute Gasteiger partial charge is 0.395 e. The van der Waals surface area contributed by atoms with Crippen LogP contribution in [-0.4, -0.2) is 37.7 Å². The standard InChI is InChI=1S/C15H19NO3S2/c1-12-5-6-13(4-2-3-8-17)10-15(12)21(18,19)16-14-7-9-20-11-14/h5-6,10,14,16-17H,3,7-9,11H2,1H3. The first-order valence-corrected chi connectivity index (χ1v) is 9.47. The molecule has 0 amide bonds. The Morgan fingerprint density at radius 2 is 2.29 bits per heavy atom. The number of sulfonamides is 1. The summed E-state index contributed by atoms with van der Waals surface area (Å²) in [6.45, 7) is 1.79. The van der Waals surface area contributed by atoms with Gasteiger partial charge in [-0.1, -0.05) is 17.9 Å². The summed E-state index contributed by atoms with van der Waals surface area (Å²) in [4.78, 5) is 0.287. The topological polar surface area (TPSA) is 66.4 Å². The van der Waals surface area contributed by atoms with Crippen LogP contribution >= 0.6 is 11.8 Å². The van der Waals surface area contributed by atoms with Gasteiger partial charge in [0.1, 0.15) is 0 Å². The molecule has 1 unspecified atom stereocenters. The molecule has 2 rings (SSSR count). The van der Waals surface area contributed by atoms with E-state index in [1.165, 1.54) is 0 Å². The van der Waals surface area contributed by atoms with Crippen LogP contribution in [0.5, 0.6) is 0 Å². The first kappa shape index (κ1) is 16.4. The van der Waals surface area contributed by atoms with Crippen molar-refractivity contribution in [3.63, 3.8) is 0 Å². The van der Waals surface area contributed by atoms with Gasteiger partial charge in [-0.05, 0) is 36.8 Å². The molecule has 21 heavy (non-hydrogen) atoms. The van der Waals surface area contributed by atoms with Crippen molar-refractivity contribution in [2.24, 2.45) is 0 Å². The summed E-state index contributed by atoms with van der Waals surface area (Å²) in [5.41, 5.74) is 1.36. The van der Waals surface area contributed by atoms with E-state index < -0.39 is 10.0 Å². The van der Waals surface area contributed by atoms with Crippen molar-refractivity contribution in [1.29, 1.82) is 0 Å². The number of nitrogens with one attached hydrogen (secondary N) is 1. The molecule has 1 saturated heterocycles. The Morgan fingerprint density at radius 1 is 1.48 bits per heavy atom. The molecular formula is C15H19NO3S2. The zero-order valence-electron chi connectivity index (χ0n) is 11.9. The highest BCUT2D eigenvalue weighted by atomic mass is 32.2. The molecule has 114 valence electrons. The van der Waals surface area contributed by atoms with Crippen molar-refractivity contribution in [2.75, 3.05) is 18.1 Å². The second kappa shape index (κ2) is 7.32. The molecule has 1 fully saturated rings. The van der Waals surface area contributed by atoms with Gasteiger partial charge in [-0.2, -0.15) is 11.8 Å². The normalized spacial score (nSPS) is 18.3. The van der Waals surface area contributed by atoms with Crippen LogP contribution in [0.2, 0.25) is 0 Å². The molecule has 0 aromatic heterocycles. The van der Waals surface area contributed by atoms with E-state index in [1.807, 2.05) is 0 Å². The number of hydrogen-bond acceptors (Lipinski definition) is 4. The zero-order valence-corrected chi connectivity index (χ0v) is 13.6. The van der Waals surface area contributed by atoms with Gasteiger partial charge in [0.15, 0.2) is 0 Å². The number of benzene rings is 1. The molecule has 2 N–H and O–H groups in total. The third-order valence-corrected chi connectivity index (χ3v) is 6.02. The maximum atomic E-state index is 12.5. The fourth-order valence-corrected chi connectivity index (χ4v) is 4.90. The van der Waals surface area contributed by atoms with E-state index in [4.69, 9.17) is 5.11 Å². The van der Waals surface area contributed by atoms with E-state index in [-0.39, 0.29) is 17.5 Å². The minimum Gasteiger partial charge on any atom is -0.395 e. The molecular weight excluding hydrogens is 306 g/mol. The molecule has 0 spiro atoms. The van der Waals surface area contributed by atoms with Gasteiger partial charge in [0.05, 0.1) is 11.5 Å². The van der Waals surface area contributed by atoms with Crippen molar-refractivity contribution >= 4 is 21.8 Å². The van der Waals surface area contributed by atoms with Crippen LogP contribution < -0.4 is 4.72 Å². The fourth-order valence-electron chi connectivity index (χ4n) is 2.10. The van der Waals surface area contributed by atoms with Gasteiger partial charge in [-0.25, -0.2) is 13.1 Å².